The SMILES string of the molecule is COCC(Nc1ccc(OC)c(F)c1)C1CC1. The Morgan fingerprint density at radius 3 is 2.71 bits per heavy atom. The standard InChI is InChI=1S/C13H18FNO2/c1-16-8-12(9-3-4-9)15-10-5-6-13(17-2)11(14)7-10/h5-7,9,12,15H,3-4,8H2,1-2H3. The van der Waals surface area contributed by atoms with Crippen molar-refractivity contribution in [2.45, 2.75) is 18.9 Å². The summed E-state index contributed by atoms with van der Waals surface area (Å²) >= 11 is 0. The second kappa shape index (κ2) is 5.36. The van der Waals surface area contributed by atoms with Crippen LogP contribution in [0.4, 0.5) is 10.1 Å². The molecule has 4 heteroatoms. The van der Waals surface area contributed by atoms with E-state index < -0.39 is 0 Å². The van der Waals surface area contributed by atoms with E-state index in [1.165, 1.54) is 26.0 Å². The number of halogens is 1. The highest BCUT2D eigenvalue weighted by molar-refractivity contribution is 5.48. The Balaban J connectivity index is 2.03. The minimum absolute atomic E-state index is 0.269. The fourth-order valence-electron chi connectivity index (χ4n) is 1.94. The zero-order chi connectivity index (χ0) is 12.3. The Morgan fingerprint density at radius 2 is 2.18 bits per heavy atom. The van der Waals surface area contributed by atoms with Gasteiger partial charge in [-0.05, 0) is 30.9 Å². The fraction of sp³-hybridized carbons (Fsp3) is 0.538. The van der Waals surface area contributed by atoms with Gasteiger partial charge in [0.1, 0.15) is 0 Å². The van der Waals surface area contributed by atoms with Crippen molar-refractivity contribution in [1.29, 1.82) is 0 Å². The molecule has 1 aliphatic rings. The predicted octanol–water partition coefficient (Wildman–Crippen LogP) is 2.67. The van der Waals surface area contributed by atoms with Gasteiger partial charge in [0.25, 0.3) is 0 Å². The van der Waals surface area contributed by atoms with Crippen LogP contribution in [0.3, 0.4) is 0 Å². The molecule has 1 unspecified atom stereocenters. The fourth-order valence-corrected chi connectivity index (χ4v) is 1.94. The van der Waals surface area contributed by atoms with Gasteiger partial charge in [-0.3, -0.25) is 0 Å². The second-order valence-corrected chi connectivity index (χ2v) is 4.39. The molecule has 0 aliphatic heterocycles. The molecule has 1 saturated carbocycles. The molecule has 1 N–H and O–H groups in total. The maximum atomic E-state index is 13.5. The largest absolute Gasteiger partial charge is 0.494 e. The van der Waals surface area contributed by atoms with Gasteiger partial charge in [-0.2, -0.15) is 0 Å². The first-order valence-electron chi connectivity index (χ1n) is 5.83. The topological polar surface area (TPSA) is 30.5 Å². The summed E-state index contributed by atoms with van der Waals surface area (Å²) in [5.41, 5.74) is 0.775. The number of methoxy groups -OCH3 is 2. The highest BCUT2D eigenvalue weighted by Crippen LogP contribution is 2.34. The summed E-state index contributed by atoms with van der Waals surface area (Å²) in [5.74, 6) is 0.579. The number of hydrogen-bond acceptors (Lipinski definition) is 3. The number of ether oxygens (including phenoxy) is 2. The van der Waals surface area contributed by atoms with Crippen molar-refractivity contribution in [2.75, 3.05) is 26.1 Å². The van der Waals surface area contributed by atoms with Crippen molar-refractivity contribution in [2.24, 2.45) is 5.92 Å². The van der Waals surface area contributed by atoms with Crippen molar-refractivity contribution in [1.82, 2.24) is 0 Å². The number of nitrogens with one attached hydrogen (secondary N) is 1. The Kier molecular flexibility index (Phi) is 3.84. The molecule has 3 nitrogen and oxygen atoms in total. The Morgan fingerprint density at radius 1 is 1.41 bits per heavy atom. The van der Waals surface area contributed by atoms with Crippen molar-refractivity contribution >= 4 is 5.69 Å². The van der Waals surface area contributed by atoms with Gasteiger partial charge in [-0.15, -0.1) is 0 Å². The van der Waals surface area contributed by atoms with Crippen molar-refractivity contribution in [3.05, 3.63) is 24.0 Å². The summed E-state index contributed by atoms with van der Waals surface area (Å²) in [6.45, 7) is 0.651. The predicted molar refractivity (Wildman–Crippen MR) is 65.0 cm³/mol. The number of anilines is 1. The lowest BCUT2D eigenvalue weighted by atomic mass is 10.2. The van der Waals surface area contributed by atoms with Crippen LogP contribution in [-0.4, -0.2) is 26.9 Å². The molecule has 1 aromatic carbocycles. The Hall–Kier alpha value is -1.29. The second-order valence-electron chi connectivity index (χ2n) is 4.39. The van der Waals surface area contributed by atoms with Gasteiger partial charge < -0.3 is 14.8 Å². The lowest BCUT2D eigenvalue weighted by molar-refractivity contribution is 0.179. The van der Waals surface area contributed by atoms with Gasteiger partial charge in [-0.25, -0.2) is 4.39 Å². The molecule has 0 bridgehead atoms. The van der Waals surface area contributed by atoms with E-state index in [0.717, 1.165) is 5.69 Å². The third kappa shape index (κ3) is 3.09. The van der Waals surface area contributed by atoms with E-state index in [1.54, 1.807) is 13.2 Å². The average Bonchev–Trinajstić information content (AvgIpc) is 3.12. The molecule has 0 aromatic heterocycles. The van der Waals surface area contributed by atoms with E-state index in [0.29, 0.717) is 12.5 Å². The van der Waals surface area contributed by atoms with E-state index in [-0.39, 0.29) is 17.6 Å². The van der Waals surface area contributed by atoms with Crippen LogP contribution >= 0.6 is 0 Å². The van der Waals surface area contributed by atoms with Crippen LogP contribution < -0.4 is 10.1 Å². The molecule has 2 rings (SSSR count). The third-order valence-corrected chi connectivity index (χ3v) is 3.04. The summed E-state index contributed by atoms with van der Waals surface area (Å²) in [5, 5.41) is 3.31. The average molecular weight is 239 g/mol. The zero-order valence-electron chi connectivity index (χ0n) is 10.2. The van der Waals surface area contributed by atoms with Gasteiger partial charge in [0.05, 0.1) is 19.8 Å². The summed E-state index contributed by atoms with van der Waals surface area (Å²) in [4.78, 5) is 0. The van der Waals surface area contributed by atoms with Crippen molar-refractivity contribution in [3.8, 4) is 5.75 Å². The van der Waals surface area contributed by atoms with Gasteiger partial charge in [0.2, 0.25) is 0 Å². The minimum atomic E-state index is -0.343. The van der Waals surface area contributed by atoms with Crippen LogP contribution in [0.5, 0.6) is 5.75 Å². The van der Waals surface area contributed by atoms with E-state index in [4.69, 9.17) is 9.47 Å². The lowest BCUT2D eigenvalue weighted by Gasteiger charge is -2.19. The summed E-state index contributed by atoms with van der Waals surface area (Å²) < 4.78 is 23.6. The molecule has 0 radical (unpaired) electrons. The highest BCUT2D eigenvalue weighted by Gasteiger charge is 2.31. The van der Waals surface area contributed by atoms with E-state index in [9.17, 15) is 4.39 Å². The van der Waals surface area contributed by atoms with Crippen LogP contribution in [0, 0.1) is 11.7 Å². The van der Waals surface area contributed by atoms with Gasteiger partial charge in [0, 0.05) is 18.9 Å². The van der Waals surface area contributed by atoms with Crippen molar-refractivity contribution in [3.63, 3.8) is 0 Å². The molecule has 0 spiro atoms. The number of rotatable bonds is 6. The van der Waals surface area contributed by atoms with Crippen LogP contribution in [0.15, 0.2) is 18.2 Å². The molecule has 17 heavy (non-hydrogen) atoms. The normalized spacial score (nSPS) is 16.6. The first kappa shape index (κ1) is 12.2. The van der Waals surface area contributed by atoms with Gasteiger partial charge in [-0.1, -0.05) is 0 Å². The maximum absolute atomic E-state index is 13.5. The zero-order valence-corrected chi connectivity index (χ0v) is 10.2. The molecule has 0 amide bonds. The molecular weight excluding hydrogens is 221 g/mol. The summed E-state index contributed by atoms with van der Waals surface area (Å²) in [7, 11) is 3.15. The first-order valence-corrected chi connectivity index (χ1v) is 5.83. The summed E-state index contributed by atoms with van der Waals surface area (Å²) in [6.07, 6.45) is 2.44. The Bertz CT molecular complexity index is 380. The molecule has 1 atom stereocenters. The highest BCUT2D eigenvalue weighted by atomic mass is 19.1. The first-order chi connectivity index (χ1) is 8.24. The molecular formula is C13H18FNO2. The minimum Gasteiger partial charge on any atom is -0.494 e. The lowest BCUT2D eigenvalue weighted by Crippen LogP contribution is -2.27. The van der Waals surface area contributed by atoms with Gasteiger partial charge >= 0.3 is 0 Å². The van der Waals surface area contributed by atoms with E-state index in [1.807, 2.05) is 6.07 Å². The molecule has 1 aliphatic carbocycles. The van der Waals surface area contributed by atoms with Crippen LogP contribution in [-0.2, 0) is 4.74 Å². The molecule has 94 valence electrons. The summed E-state index contributed by atoms with van der Waals surface area (Å²) in [6, 6.07) is 5.19. The molecule has 0 saturated heterocycles. The maximum Gasteiger partial charge on any atom is 0.167 e. The van der Waals surface area contributed by atoms with Gasteiger partial charge in [0.15, 0.2) is 11.6 Å². The van der Waals surface area contributed by atoms with E-state index in [2.05, 4.69) is 5.32 Å². The number of benzene rings is 1. The number of hydrogen-bond donors (Lipinski definition) is 1. The van der Waals surface area contributed by atoms with Crippen LogP contribution in [0.25, 0.3) is 0 Å². The molecule has 1 aromatic rings. The third-order valence-electron chi connectivity index (χ3n) is 3.04. The quantitative estimate of drug-likeness (QED) is 0.828. The molecule has 0 heterocycles. The van der Waals surface area contributed by atoms with Crippen LogP contribution in [0.1, 0.15) is 12.8 Å². The van der Waals surface area contributed by atoms with Crippen LogP contribution in [0.2, 0.25) is 0 Å². The smallest absolute Gasteiger partial charge is 0.167 e. The molecule has 1 fully saturated rings. The monoisotopic (exact) mass is 239 g/mol. The van der Waals surface area contributed by atoms with Crippen molar-refractivity contribution < 1.29 is 13.9 Å². The Labute approximate surface area is 101 Å². The van der Waals surface area contributed by atoms with E-state index >= 15 is 0 Å².